The van der Waals surface area contributed by atoms with E-state index in [1.807, 2.05) is 0 Å². The second-order valence-electron chi connectivity index (χ2n) is 6.56. The average Bonchev–Trinajstić information content (AvgIpc) is 2.50. The fraction of sp³-hybridized carbons (Fsp3) is 0.895. The molecule has 130 valence electrons. The van der Waals surface area contributed by atoms with E-state index in [1.54, 1.807) is 6.92 Å². The smallest absolute Gasteiger partial charge is 0.146 e. The highest BCUT2D eigenvalue weighted by Gasteiger charge is 2.06. The van der Waals surface area contributed by atoms with Crippen LogP contribution in [0, 0.1) is 0 Å². The van der Waals surface area contributed by atoms with Gasteiger partial charge in [-0.05, 0) is 19.8 Å². The lowest BCUT2D eigenvalue weighted by molar-refractivity contribution is -0.118. The number of ketones is 1. The Hall–Kier alpha value is -0.700. The van der Waals surface area contributed by atoms with Gasteiger partial charge in [-0.1, -0.05) is 77.0 Å². The van der Waals surface area contributed by atoms with Gasteiger partial charge in [0.25, 0.3) is 0 Å². The fourth-order valence-electron chi connectivity index (χ4n) is 2.74. The topological polar surface area (TPSA) is 60.2 Å². The average molecular weight is 312 g/mol. The van der Waals surface area contributed by atoms with Gasteiger partial charge in [-0.2, -0.15) is 0 Å². The second kappa shape index (κ2) is 16.7. The minimum Gasteiger partial charge on any atom is -0.322 e. The Morgan fingerprint density at radius 2 is 1.14 bits per heavy atom. The molecule has 1 unspecified atom stereocenters. The van der Waals surface area contributed by atoms with Crippen LogP contribution in [0.3, 0.4) is 0 Å². The number of Topliss-reactive ketones (excluding diaryl/α,β-unsaturated/α-hetero) is 1. The molecule has 0 saturated carbocycles. The molecule has 0 aromatic rings. The van der Waals surface area contributed by atoms with Crippen LogP contribution in [0.15, 0.2) is 0 Å². The van der Waals surface area contributed by atoms with Gasteiger partial charge >= 0.3 is 0 Å². The Labute approximate surface area is 137 Å². The van der Waals surface area contributed by atoms with E-state index in [1.165, 1.54) is 70.6 Å². The van der Waals surface area contributed by atoms with Crippen LogP contribution in [-0.4, -0.2) is 18.1 Å². The first-order valence-corrected chi connectivity index (χ1v) is 9.38. The Morgan fingerprint density at radius 3 is 1.50 bits per heavy atom. The maximum Gasteiger partial charge on any atom is 0.146 e. The van der Waals surface area contributed by atoms with Gasteiger partial charge in [0.1, 0.15) is 12.1 Å². The Balaban J connectivity index is 3.05. The van der Waals surface area contributed by atoms with Crippen LogP contribution in [0.1, 0.15) is 103 Å². The molecule has 22 heavy (non-hydrogen) atoms. The predicted octanol–water partition coefficient (Wildman–Crippen LogP) is 4.95. The summed E-state index contributed by atoms with van der Waals surface area (Å²) in [7, 11) is 0. The summed E-state index contributed by atoms with van der Waals surface area (Å²) in [6, 6.07) is -0.238. The van der Waals surface area contributed by atoms with E-state index in [9.17, 15) is 9.59 Å². The maximum atomic E-state index is 11.0. The van der Waals surface area contributed by atoms with Crippen molar-refractivity contribution in [3.05, 3.63) is 0 Å². The summed E-state index contributed by atoms with van der Waals surface area (Å²) in [5, 5.41) is 0. The van der Waals surface area contributed by atoms with Crippen molar-refractivity contribution >= 4 is 12.1 Å². The monoisotopic (exact) mass is 311 g/mol. The van der Waals surface area contributed by atoms with E-state index >= 15 is 0 Å². The molecule has 3 heteroatoms. The molecule has 3 nitrogen and oxygen atoms in total. The van der Waals surface area contributed by atoms with E-state index < -0.39 is 0 Å². The summed E-state index contributed by atoms with van der Waals surface area (Å²) in [6.07, 6.45) is 19.2. The van der Waals surface area contributed by atoms with Crippen molar-refractivity contribution in [3.63, 3.8) is 0 Å². The van der Waals surface area contributed by atoms with E-state index in [4.69, 9.17) is 5.73 Å². The third kappa shape index (κ3) is 15.7. The lowest BCUT2D eigenvalue weighted by atomic mass is 10.0. The summed E-state index contributed by atoms with van der Waals surface area (Å²) < 4.78 is 0. The van der Waals surface area contributed by atoms with Gasteiger partial charge in [0, 0.05) is 6.42 Å². The SMILES string of the molecule is CC(=O)C(N)CCCCCCCCCCCCCCCC=O. The molecule has 0 radical (unpaired) electrons. The predicted molar refractivity (Wildman–Crippen MR) is 94.0 cm³/mol. The van der Waals surface area contributed by atoms with Crippen molar-refractivity contribution in [1.82, 2.24) is 0 Å². The summed E-state index contributed by atoms with van der Waals surface area (Å²) in [5.74, 6) is 0.115. The van der Waals surface area contributed by atoms with Gasteiger partial charge < -0.3 is 10.5 Å². The fourth-order valence-corrected chi connectivity index (χ4v) is 2.74. The molecule has 0 aliphatic rings. The van der Waals surface area contributed by atoms with Crippen LogP contribution < -0.4 is 5.73 Å². The second-order valence-corrected chi connectivity index (χ2v) is 6.56. The van der Waals surface area contributed by atoms with Gasteiger partial charge in [-0.3, -0.25) is 4.79 Å². The van der Waals surface area contributed by atoms with Crippen LogP contribution in [-0.2, 0) is 9.59 Å². The molecular formula is C19H37NO2. The molecule has 0 aromatic heterocycles. The highest BCUT2D eigenvalue weighted by Crippen LogP contribution is 2.13. The number of carbonyl (C=O) groups is 2. The maximum absolute atomic E-state index is 11.0. The van der Waals surface area contributed by atoms with Gasteiger partial charge in [0.2, 0.25) is 0 Å². The highest BCUT2D eigenvalue weighted by atomic mass is 16.1. The van der Waals surface area contributed by atoms with Gasteiger partial charge in [-0.25, -0.2) is 0 Å². The molecule has 2 N–H and O–H groups in total. The highest BCUT2D eigenvalue weighted by molar-refractivity contribution is 5.80. The minimum absolute atomic E-state index is 0.115. The number of nitrogens with two attached hydrogens (primary N) is 1. The summed E-state index contributed by atoms with van der Waals surface area (Å²) in [5.41, 5.74) is 5.71. The van der Waals surface area contributed by atoms with Crippen molar-refractivity contribution in [2.75, 3.05) is 0 Å². The van der Waals surface area contributed by atoms with Crippen molar-refractivity contribution in [2.24, 2.45) is 5.73 Å². The molecule has 0 amide bonds. The van der Waals surface area contributed by atoms with Crippen LogP contribution in [0.2, 0.25) is 0 Å². The van der Waals surface area contributed by atoms with Gasteiger partial charge in [-0.15, -0.1) is 0 Å². The summed E-state index contributed by atoms with van der Waals surface area (Å²) >= 11 is 0. The molecule has 0 aliphatic heterocycles. The number of carbonyl (C=O) groups excluding carboxylic acids is 2. The molecule has 0 heterocycles. The lowest BCUT2D eigenvalue weighted by Crippen LogP contribution is -2.27. The van der Waals surface area contributed by atoms with Crippen molar-refractivity contribution in [2.45, 2.75) is 109 Å². The van der Waals surface area contributed by atoms with E-state index in [0.717, 1.165) is 32.0 Å². The lowest BCUT2D eigenvalue weighted by Gasteiger charge is -2.07. The third-order valence-electron chi connectivity index (χ3n) is 4.36. The normalized spacial score (nSPS) is 12.3. The largest absolute Gasteiger partial charge is 0.322 e. The number of rotatable bonds is 17. The zero-order valence-electron chi connectivity index (χ0n) is 14.7. The van der Waals surface area contributed by atoms with Crippen LogP contribution in [0.4, 0.5) is 0 Å². The molecular weight excluding hydrogens is 274 g/mol. The molecule has 0 bridgehead atoms. The molecule has 0 aromatic carbocycles. The Morgan fingerprint density at radius 1 is 0.773 bits per heavy atom. The van der Waals surface area contributed by atoms with Crippen molar-refractivity contribution in [3.8, 4) is 0 Å². The molecule has 0 spiro atoms. The zero-order chi connectivity index (χ0) is 16.5. The van der Waals surface area contributed by atoms with Crippen LogP contribution >= 0.6 is 0 Å². The first kappa shape index (κ1) is 21.3. The van der Waals surface area contributed by atoms with Gasteiger partial charge in [0.05, 0.1) is 6.04 Å². The van der Waals surface area contributed by atoms with Gasteiger partial charge in [0.15, 0.2) is 0 Å². The van der Waals surface area contributed by atoms with E-state index in [2.05, 4.69) is 0 Å². The standard InChI is InChI=1S/C19H37NO2/c1-18(22)19(20)16-14-12-10-8-6-4-2-3-5-7-9-11-13-15-17-21/h17,19H,2-16,20H2,1H3. The summed E-state index contributed by atoms with van der Waals surface area (Å²) in [4.78, 5) is 21.1. The molecule has 0 fully saturated rings. The van der Waals surface area contributed by atoms with E-state index in [-0.39, 0.29) is 11.8 Å². The zero-order valence-corrected chi connectivity index (χ0v) is 14.7. The first-order valence-electron chi connectivity index (χ1n) is 9.38. The molecule has 0 rings (SSSR count). The third-order valence-corrected chi connectivity index (χ3v) is 4.36. The van der Waals surface area contributed by atoms with Crippen molar-refractivity contribution < 1.29 is 9.59 Å². The van der Waals surface area contributed by atoms with Crippen LogP contribution in [0.5, 0.6) is 0 Å². The van der Waals surface area contributed by atoms with Crippen molar-refractivity contribution in [1.29, 1.82) is 0 Å². The molecule has 0 aliphatic carbocycles. The number of aldehydes is 1. The number of hydrogen-bond acceptors (Lipinski definition) is 3. The Kier molecular flexibility index (Phi) is 16.1. The number of hydrogen-bond donors (Lipinski definition) is 1. The van der Waals surface area contributed by atoms with E-state index in [0.29, 0.717) is 0 Å². The number of unbranched alkanes of at least 4 members (excludes halogenated alkanes) is 13. The molecule has 1 atom stereocenters. The van der Waals surface area contributed by atoms with Crippen LogP contribution in [0.25, 0.3) is 0 Å². The summed E-state index contributed by atoms with van der Waals surface area (Å²) in [6.45, 7) is 1.58. The first-order chi connectivity index (χ1) is 10.7. The molecule has 0 saturated heterocycles. The Bertz CT molecular complexity index is 266. The minimum atomic E-state index is -0.238. The quantitative estimate of drug-likeness (QED) is 0.305.